The topological polar surface area (TPSA) is 59.2 Å². The molecule has 108 valence electrons. The molecule has 1 aliphatic heterocycles. The predicted octanol–water partition coefficient (Wildman–Crippen LogP) is 2.44. The molecular formula is C15H21N3O2. The molecule has 3 rings (SSSR count). The summed E-state index contributed by atoms with van der Waals surface area (Å²) in [7, 11) is 0. The van der Waals surface area contributed by atoms with Crippen LogP contribution in [0.25, 0.3) is 0 Å². The summed E-state index contributed by atoms with van der Waals surface area (Å²) >= 11 is 0. The van der Waals surface area contributed by atoms with Crippen LogP contribution in [-0.2, 0) is 4.79 Å². The van der Waals surface area contributed by atoms with Crippen LogP contribution in [0.15, 0.2) is 16.7 Å². The van der Waals surface area contributed by atoms with E-state index in [9.17, 15) is 4.79 Å². The molecule has 1 amide bonds. The summed E-state index contributed by atoms with van der Waals surface area (Å²) in [6, 6.07) is 0. The van der Waals surface area contributed by atoms with E-state index < -0.39 is 0 Å². The Morgan fingerprint density at radius 3 is 3.00 bits per heavy atom. The fraction of sp³-hybridized carbons (Fsp3) is 0.667. The molecule has 0 saturated carbocycles. The first-order chi connectivity index (χ1) is 9.74. The number of likely N-dealkylation sites (tertiary alicyclic amines) is 1. The fourth-order valence-electron chi connectivity index (χ4n) is 3.13. The molecule has 1 aromatic heterocycles. The molecule has 20 heavy (non-hydrogen) atoms. The summed E-state index contributed by atoms with van der Waals surface area (Å²) in [6.45, 7) is 3.41. The molecule has 0 bridgehead atoms. The fourth-order valence-corrected chi connectivity index (χ4v) is 3.13. The van der Waals surface area contributed by atoms with Gasteiger partial charge < -0.3 is 9.42 Å². The maximum atomic E-state index is 12.6. The molecule has 2 aliphatic rings. The van der Waals surface area contributed by atoms with Crippen molar-refractivity contribution in [3.63, 3.8) is 0 Å². The monoisotopic (exact) mass is 275 g/mol. The zero-order chi connectivity index (χ0) is 13.9. The van der Waals surface area contributed by atoms with Gasteiger partial charge in [0.05, 0.1) is 5.92 Å². The highest BCUT2D eigenvalue weighted by Gasteiger charge is 2.31. The minimum atomic E-state index is 0.170. The van der Waals surface area contributed by atoms with Gasteiger partial charge in [-0.05, 0) is 39.0 Å². The molecule has 5 nitrogen and oxygen atoms in total. The van der Waals surface area contributed by atoms with Gasteiger partial charge in [0, 0.05) is 19.0 Å². The van der Waals surface area contributed by atoms with Crippen molar-refractivity contribution in [3.05, 3.63) is 23.9 Å². The number of rotatable bonds is 2. The largest absolute Gasteiger partial charge is 0.342 e. The van der Waals surface area contributed by atoms with Crippen LogP contribution in [0.1, 0.15) is 49.7 Å². The third-order valence-corrected chi connectivity index (χ3v) is 4.24. The number of amides is 1. The number of piperidine rings is 1. The standard InChI is InChI=1S/C15H21N3O2/c1-11-16-14(20-17-11)13-8-5-9-18(10-13)15(19)12-6-3-2-4-7-12/h2-3,12-13H,4-10H2,1H3/t12-,13-/m0/s1. The lowest BCUT2D eigenvalue weighted by atomic mass is 9.91. The second-order valence-corrected chi connectivity index (χ2v) is 5.78. The van der Waals surface area contributed by atoms with Crippen molar-refractivity contribution < 1.29 is 9.32 Å². The van der Waals surface area contributed by atoms with Crippen LogP contribution < -0.4 is 0 Å². The summed E-state index contributed by atoms with van der Waals surface area (Å²) in [5.74, 6) is 2.02. The molecule has 1 aliphatic carbocycles. The third kappa shape index (κ3) is 2.76. The number of carbonyl (C=O) groups is 1. The predicted molar refractivity (Wildman–Crippen MR) is 74.1 cm³/mol. The minimum Gasteiger partial charge on any atom is -0.342 e. The smallest absolute Gasteiger partial charge is 0.231 e. The zero-order valence-electron chi connectivity index (χ0n) is 11.9. The lowest BCUT2D eigenvalue weighted by molar-refractivity contribution is -0.137. The molecular weight excluding hydrogens is 254 g/mol. The van der Waals surface area contributed by atoms with Gasteiger partial charge in [0.1, 0.15) is 0 Å². The van der Waals surface area contributed by atoms with Crippen LogP contribution in [-0.4, -0.2) is 34.0 Å². The van der Waals surface area contributed by atoms with Gasteiger partial charge in [-0.25, -0.2) is 0 Å². The summed E-state index contributed by atoms with van der Waals surface area (Å²) in [5, 5.41) is 3.85. The summed E-state index contributed by atoms with van der Waals surface area (Å²) in [6.07, 6.45) is 9.24. The SMILES string of the molecule is Cc1noc([C@H]2CCCN(C(=O)[C@H]3CC=CCC3)C2)n1. The highest BCUT2D eigenvalue weighted by atomic mass is 16.5. The third-order valence-electron chi connectivity index (χ3n) is 4.24. The number of nitrogens with zero attached hydrogens (tertiary/aromatic N) is 3. The normalized spacial score (nSPS) is 26.8. The van der Waals surface area contributed by atoms with Crippen molar-refractivity contribution in [1.82, 2.24) is 15.0 Å². The van der Waals surface area contributed by atoms with E-state index in [-0.39, 0.29) is 11.8 Å². The van der Waals surface area contributed by atoms with E-state index in [0.717, 1.165) is 45.2 Å². The van der Waals surface area contributed by atoms with E-state index in [0.29, 0.717) is 17.6 Å². The second kappa shape index (κ2) is 5.77. The van der Waals surface area contributed by atoms with E-state index >= 15 is 0 Å². The van der Waals surface area contributed by atoms with Crippen molar-refractivity contribution in [2.75, 3.05) is 13.1 Å². The van der Waals surface area contributed by atoms with Crippen molar-refractivity contribution in [2.24, 2.45) is 5.92 Å². The number of carbonyl (C=O) groups excluding carboxylic acids is 1. The Hall–Kier alpha value is -1.65. The average Bonchev–Trinajstić information content (AvgIpc) is 2.94. The molecule has 0 spiro atoms. The molecule has 1 aromatic rings. The Kier molecular flexibility index (Phi) is 3.85. The quantitative estimate of drug-likeness (QED) is 0.778. The van der Waals surface area contributed by atoms with Crippen molar-refractivity contribution >= 4 is 5.91 Å². The Morgan fingerprint density at radius 2 is 2.30 bits per heavy atom. The lowest BCUT2D eigenvalue weighted by Crippen LogP contribution is -2.42. The van der Waals surface area contributed by atoms with Gasteiger partial charge in [-0.15, -0.1) is 0 Å². The number of aromatic nitrogens is 2. The van der Waals surface area contributed by atoms with Gasteiger partial charge in [-0.1, -0.05) is 17.3 Å². The molecule has 0 N–H and O–H groups in total. The summed E-state index contributed by atoms with van der Waals surface area (Å²) in [5.41, 5.74) is 0. The molecule has 1 saturated heterocycles. The van der Waals surface area contributed by atoms with Gasteiger partial charge in [0.15, 0.2) is 5.82 Å². The molecule has 0 radical (unpaired) electrons. The van der Waals surface area contributed by atoms with Crippen LogP contribution in [0, 0.1) is 12.8 Å². The Balaban J connectivity index is 1.65. The number of hydrogen-bond acceptors (Lipinski definition) is 4. The average molecular weight is 275 g/mol. The summed E-state index contributed by atoms with van der Waals surface area (Å²) < 4.78 is 5.27. The molecule has 2 atom stereocenters. The maximum absolute atomic E-state index is 12.6. The first-order valence-electron chi connectivity index (χ1n) is 7.48. The Bertz CT molecular complexity index is 509. The Morgan fingerprint density at radius 1 is 1.40 bits per heavy atom. The highest BCUT2D eigenvalue weighted by molar-refractivity contribution is 5.79. The van der Waals surface area contributed by atoms with Gasteiger partial charge in [0.25, 0.3) is 0 Å². The second-order valence-electron chi connectivity index (χ2n) is 5.78. The van der Waals surface area contributed by atoms with Crippen LogP contribution in [0.3, 0.4) is 0 Å². The van der Waals surface area contributed by atoms with E-state index in [2.05, 4.69) is 22.3 Å². The van der Waals surface area contributed by atoms with Gasteiger partial charge in [-0.2, -0.15) is 4.98 Å². The highest BCUT2D eigenvalue weighted by Crippen LogP contribution is 2.28. The molecule has 1 fully saturated rings. The molecule has 0 aromatic carbocycles. The van der Waals surface area contributed by atoms with Gasteiger partial charge in [0.2, 0.25) is 11.8 Å². The number of allylic oxidation sites excluding steroid dienone is 2. The van der Waals surface area contributed by atoms with Crippen LogP contribution in [0.4, 0.5) is 0 Å². The lowest BCUT2D eigenvalue weighted by Gasteiger charge is -2.34. The van der Waals surface area contributed by atoms with Crippen molar-refractivity contribution in [2.45, 2.75) is 44.9 Å². The van der Waals surface area contributed by atoms with E-state index in [1.165, 1.54) is 0 Å². The first kappa shape index (κ1) is 13.3. The van der Waals surface area contributed by atoms with Crippen LogP contribution in [0.2, 0.25) is 0 Å². The van der Waals surface area contributed by atoms with E-state index in [4.69, 9.17) is 4.52 Å². The van der Waals surface area contributed by atoms with Crippen LogP contribution >= 0.6 is 0 Å². The molecule has 0 unspecified atom stereocenters. The maximum Gasteiger partial charge on any atom is 0.231 e. The zero-order valence-corrected chi connectivity index (χ0v) is 11.9. The van der Waals surface area contributed by atoms with Gasteiger partial charge >= 0.3 is 0 Å². The van der Waals surface area contributed by atoms with E-state index in [1.54, 1.807) is 0 Å². The molecule has 5 heteroatoms. The summed E-state index contributed by atoms with van der Waals surface area (Å²) in [4.78, 5) is 18.9. The van der Waals surface area contributed by atoms with E-state index in [1.807, 2.05) is 11.8 Å². The number of aryl methyl sites for hydroxylation is 1. The minimum absolute atomic E-state index is 0.170. The first-order valence-corrected chi connectivity index (χ1v) is 7.48. The van der Waals surface area contributed by atoms with Crippen molar-refractivity contribution in [3.8, 4) is 0 Å². The van der Waals surface area contributed by atoms with Crippen molar-refractivity contribution in [1.29, 1.82) is 0 Å². The van der Waals surface area contributed by atoms with Gasteiger partial charge in [-0.3, -0.25) is 4.79 Å². The Labute approximate surface area is 119 Å². The number of hydrogen-bond donors (Lipinski definition) is 0. The van der Waals surface area contributed by atoms with Crippen LogP contribution in [0.5, 0.6) is 0 Å². The molecule has 2 heterocycles.